The molecule has 3 heteroatoms. The maximum Gasteiger partial charge on any atom is 0.159 e. The zero-order chi connectivity index (χ0) is 28.8. The molecule has 7 aromatic rings. The first-order valence-corrected chi connectivity index (χ1v) is 15.1. The molecule has 0 radical (unpaired) electrons. The van der Waals surface area contributed by atoms with E-state index in [0.717, 1.165) is 37.7 Å². The average Bonchev–Trinajstić information content (AvgIpc) is 3.10. The molecule has 0 bridgehead atoms. The van der Waals surface area contributed by atoms with E-state index < -0.39 is 0 Å². The van der Waals surface area contributed by atoms with Gasteiger partial charge in [-0.2, -0.15) is 0 Å². The fourth-order valence-corrected chi connectivity index (χ4v) is 6.09. The van der Waals surface area contributed by atoms with Gasteiger partial charge in [-0.25, -0.2) is 9.97 Å². The van der Waals surface area contributed by atoms with Crippen molar-refractivity contribution in [2.45, 2.75) is 9.79 Å². The predicted octanol–water partition coefficient (Wildman–Crippen LogP) is 11.0. The second-order valence-electron chi connectivity index (χ2n) is 10.3. The summed E-state index contributed by atoms with van der Waals surface area (Å²) in [6, 6.07) is 57.2. The van der Waals surface area contributed by atoms with Crippen molar-refractivity contribution in [2.24, 2.45) is 0 Å². The summed E-state index contributed by atoms with van der Waals surface area (Å²) in [7, 11) is 0. The second-order valence-corrected chi connectivity index (χ2v) is 11.4. The Bertz CT molecular complexity index is 1950. The molecule has 0 N–H and O–H groups in total. The Morgan fingerprint density at radius 2 is 0.814 bits per heavy atom. The molecular weight excluding hydrogens is 541 g/mol. The van der Waals surface area contributed by atoms with Crippen molar-refractivity contribution in [3.05, 3.63) is 170 Å². The van der Waals surface area contributed by atoms with Crippen LogP contribution in [0.3, 0.4) is 0 Å². The lowest BCUT2D eigenvalue weighted by molar-refractivity contribution is 1.11. The van der Waals surface area contributed by atoms with Crippen LogP contribution >= 0.6 is 11.8 Å². The summed E-state index contributed by atoms with van der Waals surface area (Å²) in [6.07, 6.45) is 1.96. The summed E-state index contributed by atoms with van der Waals surface area (Å²) in [5.41, 5.74) is 10.1. The highest BCUT2D eigenvalue weighted by Crippen LogP contribution is 2.37. The normalized spacial score (nSPS) is 10.9. The fourth-order valence-electron chi connectivity index (χ4n) is 5.18. The van der Waals surface area contributed by atoms with Crippen LogP contribution in [-0.4, -0.2) is 9.97 Å². The molecular formula is C40H28N2S. The maximum atomic E-state index is 5.16. The summed E-state index contributed by atoms with van der Waals surface area (Å²) < 4.78 is 0. The molecule has 0 amide bonds. The van der Waals surface area contributed by atoms with Crippen LogP contribution in [0.1, 0.15) is 0 Å². The molecule has 0 unspecified atom stereocenters. The highest BCUT2D eigenvalue weighted by Gasteiger charge is 2.14. The van der Waals surface area contributed by atoms with E-state index in [0.29, 0.717) is 5.82 Å². The van der Waals surface area contributed by atoms with E-state index in [4.69, 9.17) is 9.97 Å². The molecule has 2 nitrogen and oxygen atoms in total. The predicted molar refractivity (Wildman–Crippen MR) is 180 cm³/mol. The number of rotatable bonds is 7. The molecule has 0 spiro atoms. The van der Waals surface area contributed by atoms with Crippen molar-refractivity contribution in [3.63, 3.8) is 0 Å². The van der Waals surface area contributed by atoms with E-state index in [9.17, 15) is 0 Å². The summed E-state index contributed by atoms with van der Waals surface area (Å²) in [6.45, 7) is 0. The van der Waals surface area contributed by atoms with Gasteiger partial charge in [-0.15, -0.1) is 0 Å². The van der Waals surface area contributed by atoms with Gasteiger partial charge in [-0.1, -0.05) is 157 Å². The van der Waals surface area contributed by atoms with Crippen LogP contribution in [0.2, 0.25) is 0 Å². The second kappa shape index (κ2) is 12.3. The highest BCUT2D eigenvalue weighted by atomic mass is 32.2. The molecule has 1 aromatic heterocycles. The Hall–Kier alpha value is -5.25. The van der Waals surface area contributed by atoms with Crippen LogP contribution in [0.4, 0.5) is 0 Å². The lowest BCUT2D eigenvalue weighted by Gasteiger charge is -2.12. The zero-order valence-corrected chi connectivity index (χ0v) is 24.3. The quantitative estimate of drug-likeness (QED) is 0.191. The molecule has 0 fully saturated rings. The summed E-state index contributed by atoms with van der Waals surface area (Å²) >= 11 is 1.69. The van der Waals surface area contributed by atoms with Crippen molar-refractivity contribution in [1.82, 2.24) is 9.97 Å². The number of hydrogen-bond donors (Lipinski definition) is 0. The van der Waals surface area contributed by atoms with Crippen LogP contribution in [0.5, 0.6) is 0 Å². The van der Waals surface area contributed by atoms with Crippen molar-refractivity contribution in [2.75, 3.05) is 0 Å². The van der Waals surface area contributed by atoms with Gasteiger partial charge in [0.15, 0.2) is 5.82 Å². The smallest absolute Gasteiger partial charge is 0.159 e. The Labute approximate surface area is 256 Å². The van der Waals surface area contributed by atoms with E-state index in [2.05, 4.69) is 146 Å². The molecule has 0 aliphatic heterocycles. The first-order chi connectivity index (χ1) is 21.3. The topological polar surface area (TPSA) is 25.8 Å². The van der Waals surface area contributed by atoms with Crippen molar-refractivity contribution >= 4 is 11.8 Å². The molecule has 0 aliphatic rings. The molecule has 43 heavy (non-hydrogen) atoms. The number of nitrogens with zero attached hydrogens (tertiary/aromatic N) is 2. The van der Waals surface area contributed by atoms with Gasteiger partial charge in [-0.3, -0.25) is 0 Å². The molecule has 204 valence electrons. The minimum Gasteiger partial charge on any atom is -0.235 e. The first-order valence-electron chi connectivity index (χ1n) is 14.3. The molecule has 0 aliphatic carbocycles. The Morgan fingerprint density at radius 1 is 0.372 bits per heavy atom. The van der Waals surface area contributed by atoms with E-state index in [1.165, 1.54) is 22.3 Å². The third kappa shape index (κ3) is 6.04. The summed E-state index contributed by atoms with van der Waals surface area (Å²) in [4.78, 5) is 12.2. The van der Waals surface area contributed by atoms with E-state index in [1.54, 1.807) is 11.8 Å². The van der Waals surface area contributed by atoms with Gasteiger partial charge >= 0.3 is 0 Å². The van der Waals surface area contributed by atoms with Gasteiger partial charge in [0.05, 0.1) is 10.6 Å². The standard InChI is InChI=1S/C40H28N2S/c1-4-11-29(12-5-1)31-19-21-32(22-20-31)33-23-25-34(26-24-33)40-41-28-38(43-37-17-8-3-9-18-37)39(42-40)36-16-10-15-35(27-36)30-13-6-2-7-14-30/h1-28H. The summed E-state index contributed by atoms with van der Waals surface area (Å²) in [5.74, 6) is 0.712. The highest BCUT2D eigenvalue weighted by molar-refractivity contribution is 7.99. The van der Waals surface area contributed by atoms with Crippen molar-refractivity contribution in [1.29, 1.82) is 0 Å². The number of benzene rings is 6. The molecule has 6 aromatic carbocycles. The lowest BCUT2D eigenvalue weighted by atomic mass is 9.99. The van der Waals surface area contributed by atoms with E-state index >= 15 is 0 Å². The largest absolute Gasteiger partial charge is 0.235 e. The fraction of sp³-hybridized carbons (Fsp3) is 0. The molecule has 0 saturated heterocycles. The van der Waals surface area contributed by atoms with Gasteiger partial charge in [-0.05, 0) is 51.6 Å². The number of aromatic nitrogens is 2. The van der Waals surface area contributed by atoms with Crippen LogP contribution in [0, 0.1) is 0 Å². The van der Waals surface area contributed by atoms with Crippen molar-refractivity contribution in [3.8, 4) is 56.0 Å². The van der Waals surface area contributed by atoms with Gasteiger partial charge in [0.2, 0.25) is 0 Å². The minimum atomic E-state index is 0.712. The third-order valence-corrected chi connectivity index (χ3v) is 8.46. The Kier molecular flexibility index (Phi) is 7.63. The van der Waals surface area contributed by atoms with E-state index in [1.807, 2.05) is 24.4 Å². The van der Waals surface area contributed by atoms with Crippen LogP contribution in [0.15, 0.2) is 180 Å². The third-order valence-electron chi connectivity index (χ3n) is 7.44. The Balaban J connectivity index is 1.22. The van der Waals surface area contributed by atoms with Gasteiger partial charge in [0.1, 0.15) is 0 Å². The Morgan fingerprint density at radius 3 is 1.40 bits per heavy atom. The van der Waals surface area contributed by atoms with Crippen molar-refractivity contribution < 1.29 is 0 Å². The molecule has 1 heterocycles. The first kappa shape index (κ1) is 26.6. The number of hydrogen-bond acceptors (Lipinski definition) is 3. The van der Waals surface area contributed by atoms with E-state index in [-0.39, 0.29) is 0 Å². The minimum absolute atomic E-state index is 0.712. The van der Waals surface area contributed by atoms with Gasteiger partial charge in [0, 0.05) is 22.2 Å². The molecule has 7 rings (SSSR count). The van der Waals surface area contributed by atoms with Crippen LogP contribution in [-0.2, 0) is 0 Å². The van der Waals surface area contributed by atoms with Gasteiger partial charge < -0.3 is 0 Å². The molecule has 0 saturated carbocycles. The average molecular weight is 569 g/mol. The zero-order valence-electron chi connectivity index (χ0n) is 23.5. The monoisotopic (exact) mass is 568 g/mol. The lowest BCUT2D eigenvalue weighted by Crippen LogP contribution is -1.95. The summed E-state index contributed by atoms with van der Waals surface area (Å²) in [5, 5.41) is 0. The van der Waals surface area contributed by atoms with Crippen LogP contribution < -0.4 is 0 Å². The van der Waals surface area contributed by atoms with Gasteiger partial charge in [0.25, 0.3) is 0 Å². The van der Waals surface area contributed by atoms with Crippen LogP contribution in [0.25, 0.3) is 56.0 Å². The maximum absolute atomic E-state index is 5.16. The SMILES string of the molecule is c1ccc(Sc2cnc(-c3ccc(-c4ccc(-c5ccccc5)cc4)cc3)nc2-c2cccc(-c3ccccc3)c2)cc1. The molecule has 0 atom stereocenters.